The van der Waals surface area contributed by atoms with Gasteiger partial charge in [0.25, 0.3) is 0 Å². The monoisotopic (exact) mass is 257 g/mol. The molecule has 0 aromatic carbocycles. The number of nitrogens with two attached hydrogens (primary N) is 1. The zero-order valence-electron chi connectivity index (χ0n) is 11.9. The molecule has 18 heavy (non-hydrogen) atoms. The molecule has 0 spiro atoms. The van der Waals surface area contributed by atoms with Crippen LogP contribution in [-0.4, -0.2) is 67.2 Å². The van der Waals surface area contributed by atoms with Gasteiger partial charge < -0.3 is 20.3 Å². The van der Waals surface area contributed by atoms with E-state index in [9.17, 15) is 4.79 Å². The number of amides is 1. The Kier molecular flexibility index (Phi) is 6.05. The molecule has 0 radical (unpaired) electrons. The van der Waals surface area contributed by atoms with Crippen LogP contribution in [0.4, 0.5) is 0 Å². The van der Waals surface area contributed by atoms with E-state index in [1.807, 2.05) is 25.7 Å². The van der Waals surface area contributed by atoms with Gasteiger partial charge in [0.2, 0.25) is 5.91 Å². The highest BCUT2D eigenvalue weighted by Crippen LogP contribution is 2.08. The summed E-state index contributed by atoms with van der Waals surface area (Å²) in [7, 11) is 0. The van der Waals surface area contributed by atoms with Crippen LogP contribution in [0.3, 0.4) is 0 Å². The van der Waals surface area contributed by atoms with Crippen molar-refractivity contribution in [3.8, 4) is 0 Å². The average Bonchev–Trinajstić information content (AvgIpc) is 2.51. The maximum atomic E-state index is 12.0. The van der Waals surface area contributed by atoms with Crippen LogP contribution in [0.25, 0.3) is 0 Å². The van der Waals surface area contributed by atoms with Crippen molar-refractivity contribution < 1.29 is 9.53 Å². The zero-order chi connectivity index (χ0) is 13.6. The van der Waals surface area contributed by atoms with Gasteiger partial charge in [-0.05, 0) is 33.7 Å². The fourth-order valence-electron chi connectivity index (χ4n) is 2.00. The molecule has 0 saturated carbocycles. The minimum atomic E-state index is -0.257. The third-order valence-corrected chi connectivity index (χ3v) is 3.02. The van der Waals surface area contributed by atoms with Crippen LogP contribution in [0.1, 0.15) is 27.2 Å². The van der Waals surface area contributed by atoms with Crippen molar-refractivity contribution in [2.75, 3.05) is 45.9 Å². The van der Waals surface area contributed by atoms with Crippen LogP contribution >= 0.6 is 0 Å². The summed E-state index contributed by atoms with van der Waals surface area (Å²) in [5, 5.41) is 0. The Morgan fingerprint density at radius 1 is 1.22 bits per heavy atom. The first-order valence-electron chi connectivity index (χ1n) is 6.76. The Morgan fingerprint density at radius 3 is 2.56 bits per heavy atom. The van der Waals surface area contributed by atoms with E-state index in [2.05, 4.69) is 4.90 Å². The maximum Gasteiger partial charge on any atom is 0.248 e. The van der Waals surface area contributed by atoms with E-state index in [1.54, 1.807) is 0 Å². The largest absolute Gasteiger partial charge is 0.366 e. The number of carbonyl (C=O) groups excluding carboxylic acids is 1. The average molecular weight is 257 g/mol. The summed E-state index contributed by atoms with van der Waals surface area (Å²) in [4.78, 5) is 16.2. The van der Waals surface area contributed by atoms with Crippen LogP contribution in [0.5, 0.6) is 0 Å². The van der Waals surface area contributed by atoms with Crippen molar-refractivity contribution in [3.05, 3.63) is 0 Å². The van der Waals surface area contributed by atoms with Crippen LogP contribution in [0.2, 0.25) is 0 Å². The van der Waals surface area contributed by atoms with Gasteiger partial charge >= 0.3 is 0 Å². The molecule has 0 aromatic rings. The van der Waals surface area contributed by atoms with E-state index < -0.39 is 0 Å². The first-order valence-corrected chi connectivity index (χ1v) is 6.76. The number of hydrogen-bond donors (Lipinski definition) is 1. The van der Waals surface area contributed by atoms with E-state index in [4.69, 9.17) is 10.5 Å². The Bertz CT molecular complexity index is 263. The lowest BCUT2D eigenvalue weighted by molar-refractivity contribution is -0.140. The second-order valence-corrected chi connectivity index (χ2v) is 5.77. The predicted octanol–water partition coefficient (Wildman–Crippen LogP) is 0.295. The lowest BCUT2D eigenvalue weighted by atomic mass is 10.2. The van der Waals surface area contributed by atoms with Crippen molar-refractivity contribution >= 4 is 5.91 Å². The minimum Gasteiger partial charge on any atom is -0.366 e. The lowest BCUT2D eigenvalue weighted by Crippen LogP contribution is -2.39. The molecule has 2 N–H and O–H groups in total. The first-order chi connectivity index (χ1) is 8.42. The van der Waals surface area contributed by atoms with Crippen LogP contribution < -0.4 is 5.73 Å². The molecule has 1 heterocycles. The van der Waals surface area contributed by atoms with E-state index in [-0.39, 0.29) is 18.1 Å². The van der Waals surface area contributed by atoms with Gasteiger partial charge in [0.15, 0.2) is 0 Å². The summed E-state index contributed by atoms with van der Waals surface area (Å²) in [6, 6.07) is 0. The van der Waals surface area contributed by atoms with Gasteiger partial charge in [0.05, 0.1) is 5.60 Å². The molecular formula is C13H27N3O2. The van der Waals surface area contributed by atoms with E-state index in [0.717, 1.165) is 39.1 Å². The zero-order valence-corrected chi connectivity index (χ0v) is 11.9. The molecule has 1 amide bonds. The molecule has 1 rings (SSSR count). The Labute approximate surface area is 110 Å². The molecular weight excluding hydrogens is 230 g/mol. The molecule has 0 atom stereocenters. The molecule has 0 aromatic heterocycles. The first kappa shape index (κ1) is 15.4. The molecule has 0 bridgehead atoms. The second-order valence-electron chi connectivity index (χ2n) is 5.77. The van der Waals surface area contributed by atoms with Crippen molar-refractivity contribution in [2.24, 2.45) is 5.73 Å². The van der Waals surface area contributed by atoms with Crippen molar-refractivity contribution in [1.29, 1.82) is 0 Å². The number of carbonyl (C=O) groups is 1. The normalized spacial score (nSPS) is 18.8. The molecule has 5 heteroatoms. The van der Waals surface area contributed by atoms with Gasteiger partial charge in [-0.2, -0.15) is 0 Å². The Balaban J connectivity index is 2.35. The molecule has 1 aliphatic rings. The third-order valence-electron chi connectivity index (χ3n) is 3.02. The summed E-state index contributed by atoms with van der Waals surface area (Å²) in [5.41, 5.74) is 5.30. The van der Waals surface area contributed by atoms with Crippen molar-refractivity contribution in [1.82, 2.24) is 9.80 Å². The van der Waals surface area contributed by atoms with Gasteiger partial charge in [-0.15, -0.1) is 0 Å². The molecule has 106 valence electrons. The summed E-state index contributed by atoms with van der Waals surface area (Å²) in [5.74, 6) is 0.0968. The summed E-state index contributed by atoms with van der Waals surface area (Å²) in [6.07, 6.45) is 1.02. The number of hydrogen-bond acceptors (Lipinski definition) is 4. The minimum absolute atomic E-state index is 0.0968. The summed E-state index contributed by atoms with van der Waals surface area (Å²) < 4.78 is 5.53. The lowest BCUT2D eigenvalue weighted by Gasteiger charge is -2.24. The van der Waals surface area contributed by atoms with Crippen molar-refractivity contribution in [3.63, 3.8) is 0 Å². The van der Waals surface area contributed by atoms with Crippen molar-refractivity contribution in [2.45, 2.75) is 32.8 Å². The van der Waals surface area contributed by atoms with E-state index in [1.165, 1.54) is 0 Å². The maximum absolute atomic E-state index is 12.0. The highest BCUT2D eigenvalue weighted by molar-refractivity contribution is 5.77. The summed E-state index contributed by atoms with van der Waals surface area (Å²) in [6.45, 7) is 11.2. The fourth-order valence-corrected chi connectivity index (χ4v) is 2.00. The molecule has 1 fully saturated rings. The highest BCUT2D eigenvalue weighted by atomic mass is 16.5. The third kappa shape index (κ3) is 5.80. The van der Waals surface area contributed by atoms with Gasteiger partial charge in [0, 0.05) is 32.7 Å². The second kappa shape index (κ2) is 7.07. The number of ether oxygens (including phenoxy) is 1. The van der Waals surface area contributed by atoms with Gasteiger partial charge in [-0.1, -0.05) is 0 Å². The molecule has 5 nitrogen and oxygen atoms in total. The van der Waals surface area contributed by atoms with Crippen LogP contribution in [0.15, 0.2) is 0 Å². The van der Waals surface area contributed by atoms with Gasteiger partial charge in [-0.25, -0.2) is 0 Å². The van der Waals surface area contributed by atoms with E-state index in [0.29, 0.717) is 6.54 Å². The standard InChI is InChI=1S/C13H27N3O2/c1-13(2,3)18-11-12(17)16-7-4-6-15(8-5-14)9-10-16/h4-11,14H2,1-3H3. The molecule has 1 aliphatic heterocycles. The number of rotatable bonds is 4. The number of nitrogens with zero attached hydrogens (tertiary/aromatic N) is 2. The Hall–Kier alpha value is -0.650. The smallest absolute Gasteiger partial charge is 0.248 e. The van der Waals surface area contributed by atoms with Crippen LogP contribution in [-0.2, 0) is 9.53 Å². The van der Waals surface area contributed by atoms with Gasteiger partial charge in [-0.3, -0.25) is 4.79 Å². The summed E-state index contributed by atoms with van der Waals surface area (Å²) >= 11 is 0. The van der Waals surface area contributed by atoms with E-state index >= 15 is 0 Å². The topological polar surface area (TPSA) is 58.8 Å². The Morgan fingerprint density at radius 2 is 1.94 bits per heavy atom. The predicted molar refractivity (Wildman–Crippen MR) is 72.4 cm³/mol. The highest BCUT2D eigenvalue weighted by Gasteiger charge is 2.20. The fraction of sp³-hybridized carbons (Fsp3) is 0.923. The SMILES string of the molecule is CC(C)(C)OCC(=O)N1CCCN(CCN)CC1. The van der Waals surface area contributed by atoms with Crippen LogP contribution in [0, 0.1) is 0 Å². The molecule has 1 saturated heterocycles. The van der Waals surface area contributed by atoms with Gasteiger partial charge in [0.1, 0.15) is 6.61 Å². The molecule has 0 aliphatic carbocycles. The molecule has 0 unspecified atom stereocenters. The quantitative estimate of drug-likeness (QED) is 0.786.